The molecule has 1 unspecified atom stereocenters. The van der Waals surface area contributed by atoms with Crippen LogP contribution in [0.15, 0.2) is 69.9 Å². The predicted octanol–water partition coefficient (Wildman–Crippen LogP) is 6.07. The number of hydrogen-bond donors (Lipinski definition) is 0. The fourth-order valence-corrected chi connectivity index (χ4v) is 3.35. The van der Waals surface area contributed by atoms with Gasteiger partial charge >= 0.3 is 0 Å². The highest BCUT2D eigenvalue weighted by molar-refractivity contribution is 5.64. The molecule has 0 amide bonds. The normalized spacial score (nSPS) is 22.9. The van der Waals surface area contributed by atoms with Gasteiger partial charge < -0.3 is 0 Å². The lowest BCUT2D eigenvalue weighted by molar-refractivity contribution is 0.801. The number of allylic oxidation sites excluding steroid dienone is 12. The third-order valence-electron chi connectivity index (χ3n) is 4.27. The standard InChI is InChI=1S/C18H20.C2H6/c1-4-13-9-10-15-7-6-8-16-12(3)11-14(5-2)17(13)18(15)16;1-2/h6-11,18H,4-5H2,1-3H3;1-2H3. The molecular weight excluding hydrogens is 240 g/mol. The van der Waals surface area contributed by atoms with Crippen molar-refractivity contribution in [3.63, 3.8) is 0 Å². The summed E-state index contributed by atoms with van der Waals surface area (Å²) in [4.78, 5) is 0. The van der Waals surface area contributed by atoms with E-state index in [1.807, 2.05) is 13.8 Å². The van der Waals surface area contributed by atoms with Crippen LogP contribution in [0.2, 0.25) is 0 Å². The summed E-state index contributed by atoms with van der Waals surface area (Å²) in [6.45, 7) is 10.8. The first-order valence-corrected chi connectivity index (χ1v) is 7.97. The Labute approximate surface area is 124 Å². The van der Waals surface area contributed by atoms with Crippen LogP contribution in [0.25, 0.3) is 0 Å². The van der Waals surface area contributed by atoms with Gasteiger partial charge in [0.1, 0.15) is 0 Å². The molecule has 0 radical (unpaired) electrons. The lowest BCUT2D eigenvalue weighted by atomic mass is 9.68. The zero-order valence-electron chi connectivity index (χ0n) is 13.5. The largest absolute Gasteiger partial charge is 0.0683 e. The van der Waals surface area contributed by atoms with Gasteiger partial charge in [0.25, 0.3) is 0 Å². The first kappa shape index (κ1) is 14.8. The molecule has 0 aliphatic heterocycles. The quantitative estimate of drug-likeness (QED) is 0.569. The lowest BCUT2D eigenvalue weighted by Gasteiger charge is -2.35. The van der Waals surface area contributed by atoms with Gasteiger partial charge in [0.15, 0.2) is 0 Å². The molecule has 0 fully saturated rings. The molecule has 0 aromatic rings. The second-order valence-corrected chi connectivity index (χ2v) is 5.25. The van der Waals surface area contributed by atoms with E-state index in [2.05, 4.69) is 57.2 Å². The molecule has 0 saturated heterocycles. The molecule has 0 aromatic carbocycles. The van der Waals surface area contributed by atoms with Crippen LogP contribution in [0.1, 0.15) is 47.5 Å². The zero-order valence-corrected chi connectivity index (χ0v) is 13.5. The monoisotopic (exact) mass is 266 g/mol. The fourth-order valence-electron chi connectivity index (χ4n) is 3.35. The van der Waals surface area contributed by atoms with Crippen molar-refractivity contribution in [2.24, 2.45) is 5.92 Å². The summed E-state index contributed by atoms with van der Waals surface area (Å²) >= 11 is 0. The van der Waals surface area contributed by atoms with Crippen LogP contribution in [0.3, 0.4) is 0 Å². The summed E-state index contributed by atoms with van der Waals surface area (Å²) in [5, 5.41) is 0. The summed E-state index contributed by atoms with van der Waals surface area (Å²) in [5.74, 6) is 0.509. The second kappa shape index (κ2) is 6.26. The van der Waals surface area contributed by atoms with Gasteiger partial charge in [0.2, 0.25) is 0 Å². The Kier molecular flexibility index (Phi) is 4.65. The van der Waals surface area contributed by atoms with E-state index in [4.69, 9.17) is 0 Å². The second-order valence-electron chi connectivity index (χ2n) is 5.25. The van der Waals surface area contributed by atoms with Gasteiger partial charge in [0.05, 0.1) is 0 Å². The van der Waals surface area contributed by atoms with Gasteiger partial charge in [-0.3, -0.25) is 0 Å². The molecule has 0 saturated carbocycles. The molecule has 0 nitrogen and oxygen atoms in total. The van der Waals surface area contributed by atoms with E-state index in [1.165, 1.54) is 27.9 Å². The lowest BCUT2D eigenvalue weighted by Crippen LogP contribution is -2.21. The summed E-state index contributed by atoms with van der Waals surface area (Å²) in [7, 11) is 0. The Bertz CT molecular complexity index is 571. The molecule has 0 spiro atoms. The molecular formula is C20H26. The van der Waals surface area contributed by atoms with E-state index >= 15 is 0 Å². The molecule has 3 rings (SSSR count). The fraction of sp³-hybridized carbons (Fsp3) is 0.400. The van der Waals surface area contributed by atoms with E-state index in [0.717, 1.165) is 12.8 Å². The molecule has 106 valence electrons. The molecule has 3 aliphatic carbocycles. The highest BCUT2D eigenvalue weighted by Crippen LogP contribution is 2.46. The Morgan fingerprint density at radius 2 is 1.75 bits per heavy atom. The van der Waals surface area contributed by atoms with Crippen LogP contribution >= 0.6 is 0 Å². The maximum atomic E-state index is 2.39. The van der Waals surface area contributed by atoms with Gasteiger partial charge in [-0.2, -0.15) is 0 Å². The van der Waals surface area contributed by atoms with E-state index in [1.54, 1.807) is 5.57 Å². The highest BCUT2D eigenvalue weighted by Gasteiger charge is 2.31. The van der Waals surface area contributed by atoms with E-state index in [-0.39, 0.29) is 0 Å². The van der Waals surface area contributed by atoms with E-state index < -0.39 is 0 Å². The third kappa shape index (κ3) is 2.28. The molecule has 1 atom stereocenters. The average Bonchev–Trinajstić information content (AvgIpc) is 2.52. The van der Waals surface area contributed by atoms with Gasteiger partial charge in [-0.25, -0.2) is 0 Å². The Morgan fingerprint density at radius 3 is 2.40 bits per heavy atom. The van der Waals surface area contributed by atoms with Crippen LogP contribution in [-0.4, -0.2) is 0 Å². The molecule has 20 heavy (non-hydrogen) atoms. The van der Waals surface area contributed by atoms with Crippen LogP contribution in [0.4, 0.5) is 0 Å². The smallest absolute Gasteiger partial charge is 0.0348 e. The number of rotatable bonds is 2. The van der Waals surface area contributed by atoms with Crippen LogP contribution in [0, 0.1) is 5.92 Å². The van der Waals surface area contributed by atoms with Gasteiger partial charge in [-0.05, 0) is 53.2 Å². The third-order valence-corrected chi connectivity index (χ3v) is 4.27. The van der Waals surface area contributed by atoms with Crippen molar-refractivity contribution in [3.8, 4) is 0 Å². The first-order chi connectivity index (χ1) is 9.76. The van der Waals surface area contributed by atoms with Gasteiger partial charge in [-0.1, -0.05) is 64.2 Å². The average molecular weight is 266 g/mol. The van der Waals surface area contributed by atoms with Crippen molar-refractivity contribution in [3.05, 3.63) is 69.9 Å². The highest BCUT2D eigenvalue weighted by atomic mass is 14.3. The van der Waals surface area contributed by atoms with Gasteiger partial charge in [-0.15, -0.1) is 0 Å². The predicted molar refractivity (Wildman–Crippen MR) is 89.6 cm³/mol. The van der Waals surface area contributed by atoms with Crippen LogP contribution in [0.5, 0.6) is 0 Å². The van der Waals surface area contributed by atoms with Crippen LogP contribution < -0.4 is 0 Å². The minimum Gasteiger partial charge on any atom is -0.0683 e. The maximum absolute atomic E-state index is 2.39. The summed E-state index contributed by atoms with van der Waals surface area (Å²) in [6.07, 6.45) is 16.0. The van der Waals surface area contributed by atoms with Crippen molar-refractivity contribution in [2.45, 2.75) is 47.5 Å². The van der Waals surface area contributed by atoms with Crippen LogP contribution in [-0.2, 0) is 0 Å². The van der Waals surface area contributed by atoms with Crippen molar-refractivity contribution >= 4 is 0 Å². The first-order valence-electron chi connectivity index (χ1n) is 7.97. The zero-order chi connectivity index (χ0) is 14.7. The number of hydrogen-bond acceptors (Lipinski definition) is 0. The molecule has 0 bridgehead atoms. The summed E-state index contributed by atoms with van der Waals surface area (Å²) in [5.41, 5.74) is 9.02. The Hall–Kier alpha value is -1.56. The minimum absolute atomic E-state index is 0.509. The van der Waals surface area contributed by atoms with Crippen molar-refractivity contribution in [2.75, 3.05) is 0 Å². The molecule has 0 heterocycles. The summed E-state index contributed by atoms with van der Waals surface area (Å²) < 4.78 is 0. The van der Waals surface area contributed by atoms with Crippen molar-refractivity contribution < 1.29 is 0 Å². The molecule has 0 aromatic heterocycles. The maximum Gasteiger partial charge on any atom is 0.0348 e. The Morgan fingerprint density at radius 1 is 1.00 bits per heavy atom. The molecule has 0 N–H and O–H groups in total. The SMILES string of the molecule is CC.CCC1=CC(C)=C2C=CC=C3C=CC(CC)=C1C32. The van der Waals surface area contributed by atoms with Crippen molar-refractivity contribution in [1.29, 1.82) is 0 Å². The molecule has 0 heteroatoms. The van der Waals surface area contributed by atoms with E-state index in [0.29, 0.717) is 5.92 Å². The van der Waals surface area contributed by atoms with Gasteiger partial charge in [0, 0.05) is 5.92 Å². The molecule has 3 aliphatic rings. The topological polar surface area (TPSA) is 0 Å². The van der Waals surface area contributed by atoms with E-state index in [9.17, 15) is 0 Å². The minimum atomic E-state index is 0.509. The Balaban J connectivity index is 0.000000704. The van der Waals surface area contributed by atoms with Crippen molar-refractivity contribution in [1.82, 2.24) is 0 Å². The summed E-state index contributed by atoms with van der Waals surface area (Å²) in [6, 6.07) is 0.